The summed E-state index contributed by atoms with van der Waals surface area (Å²) in [4.78, 5) is 25.5. The van der Waals surface area contributed by atoms with Gasteiger partial charge in [0.05, 0.1) is 16.8 Å². The molecule has 1 amide bonds. The molecule has 0 radical (unpaired) electrons. The Morgan fingerprint density at radius 1 is 1.26 bits per heavy atom. The zero-order valence-electron chi connectivity index (χ0n) is 11.8. The van der Waals surface area contributed by atoms with Gasteiger partial charge in [0.15, 0.2) is 0 Å². The van der Waals surface area contributed by atoms with Gasteiger partial charge in [-0.05, 0) is 18.2 Å². The zero-order chi connectivity index (χ0) is 16.7. The number of benzene rings is 1. The minimum atomic E-state index is -0.780. The number of hydrogen-bond acceptors (Lipinski definition) is 6. The van der Waals surface area contributed by atoms with Crippen LogP contribution in [0.15, 0.2) is 42.6 Å². The Morgan fingerprint density at radius 2 is 2.00 bits per heavy atom. The fourth-order valence-electron chi connectivity index (χ4n) is 1.57. The van der Waals surface area contributed by atoms with E-state index in [0.29, 0.717) is 5.69 Å². The highest BCUT2D eigenvalue weighted by atomic mass is 19.1. The molecule has 0 bridgehead atoms. The third-order valence-corrected chi connectivity index (χ3v) is 2.57. The number of nitrogens with one attached hydrogen (secondary N) is 1. The molecule has 2 rings (SSSR count). The third-order valence-electron chi connectivity index (χ3n) is 2.57. The van der Waals surface area contributed by atoms with Crippen molar-refractivity contribution in [1.82, 2.24) is 4.98 Å². The second-order valence-electron chi connectivity index (χ2n) is 4.19. The molecule has 0 aliphatic rings. The number of aromatic nitrogens is 1. The van der Waals surface area contributed by atoms with Crippen molar-refractivity contribution >= 4 is 17.5 Å². The van der Waals surface area contributed by atoms with E-state index in [1.807, 2.05) is 0 Å². The summed E-state index contributed by atoms with van der Waals surface area (Å²) in [6.07, 6.45) is 0.545. The molecule has 0 saturated carbocycles. The van der Waals surface area contributed by atoms with E-state index < -0.39 is 17.7 Å². The van der Waals surface area contributed by atoms with Gasteiger partial charge in [0, 0.05) is 18.2 Å². The highest BCUT2D eigenvalue weighted by Crippen LogP contribution is 2.18. The van der Waals surface area contributed by atoms with E-state index >= 15 is 0 Å². The molecule has 0 spiro atoms. The van der Waals surface area contributed by atoms with Crippen molar-refractivity contribution in [2.75, 3.05) is 18.6 Å². The van der Waals surface area contributed by atoms with Gasteiger partial charge in [0.2, 0.25) is 5.88 Å². The highest BCUT2D eigenvalue weighted by molar-refractivity contribution is 5.86. The van der Waals surface area contributed by atoms with Crippen molar-refractivity contribution < 1.29 is 23.6 Å². The quantitative estimate of drug-likeness (QED) is 0.648. The summed E-state index contributed by atoms with van der Waals surface area (Å²) in [5.74, 6) is 0.390. The van der Waals surface area contributed by atoms with Crippen LogP contribution in [-0.4, -0.2) is 29.3 Å². The van der Waals surface area contributed by atoms with E-state index in [1.165, 1.54) is 42.6 Å². The number of amides is 1. The fourth-order valence-corrected chi connectivity index (χ4v) is 1.57. The first-order valence-electron chi connectivity index (χ1n) is 6.46. The molecule has 0 aliphatic carbocycles. The third kappa shape index (κ3) is 4.92. The topological polar surface area (TPSA) is 104 Å². The monoisotopic (exact) mass is 321 g/mol. The van der Waals surface area contributed by atoms with Crippen molar-refractivity contribution in [2.45, 2.75) is 0 Å². The molecule has 0 fully saturated rings. The predicted molar refractivity (Wildman–Crippen MR) is 78.5 cm³/mol. The highest BCUT2D eigenvalue weighted by Gasteiger charge is 2.08. The van der Waals surface area contributed by atoms with Gasteiger partial charge >= 0.3 is 6.09 Å². The van der Waals surface area contributed by atoms with Crippen LogP contribution < -0.4 is 14.8 Å². The van der Waals surface area contributed by atoms with Crippen LogP contribution in [0.2, 0.25) is 0 Å². The second kappa shape index (κ2) is 7.69. The number of carbonyl (C=O) groups is 1. The van der Waals surface area contributed by atoms with Crippen molar-refractivity contribution in [3.8, 4) is 11.6 Å². The first-order chi connectivity index (χ1) is 11.1. The van der Waals surface area contributed by atoms with Gasteiger partial charge < -0.3 is 9.47 Å². The zero-order valence-corrected chi connectivity index (χ0v) is 11.8. The number of nitro benzene ring substituents is 1. The number of carbonyl (C=O) groups excluding carboxylic acids is 1. The van der Waals surface area contributed by atoms with Gasteiger partial charge in [-0.25, -0.2) is 14.2 Å². The van der Waals surface area contributed by atoms with Crippen LogP contribution in [-0.2, 0) is 0 Å². The minimum absolute atomic E-state index is 0.0953. The number of alkyl halides is 1. The lowest BCUT2D eigenvalue weighted by Crippen LogP contribution is -2.16. The number of rotatable bonds is 6. The number of hydrogen-bond donors (Lipinski definition) is 1. The largest absolute Gasteiger partial charge is 0.475 e. The van der Waals surface area contributed by atoms with Gasteiger partial charge in [-0.3, -0.25) is 15.4 Å². The van der Waals surface area contributed by atoms with E-state index in [1.54, 1.807) is 0 Å². The summed E-state index contributed by atoms with van der Waals surface area (Å²) in [6, 6.07) is 8.05. The summed E-state index contributed by atoms with van der Waals surface area (Å²) in [5.41, 5.74) is 0.246. The molecule has 8 nitrogen and oxygen atoms in total. The molecule has 1 heterocycles. The summed E-state index contributed by atoms with van der Waals surface area (Å²) in [7, 11) is 0. The molecule has 23 heavy (non-hydrogen) atoms. The number of pyridine rings is 1. The van der Waals surface area contributed by atoms with Gasteiger partial charge in [0.25, 0.3) is 5.69 Å². The molecule has 2 aromatic rings. The van der Waals surface area contributed by atoms with Gasteiger partial charge in [0.1, 0.15) is 19.0 Å². The number of ether oxygens (including phenoxy) is 2. The van der Waals surface area contributed by atoms with Crippen molar-refractivity contribution in [3.05, 3.63) is 52.7 Å². The number of non-ortho nitro benzene ring substituents is 1. The van der Waals surface area contributed by atoms with Crippen molar-refractivity contribution in [2.24, 2.45) is 0 Å². The lowest BCUT2D eigenvalue weighted by molar-refractivity contribution is -0.384. The lowest BCUT2D eigenvalue weighted by Gasteiger charge is -2.07. The Balaban J connectivity index is 1.90. The van der Waals surface area contributed by atoms with E-state index in [4.69, 9.17) is 9.47 Å². The predicted octanol–water partition coefficient (Wildman–Crippen LogP) is 2.95. The number of anilines is 1. The van der Waals surface area contributed by atoms with Crippen LogP contribution in [0.4, 0.5) is 20.6 Å². The standard InChI is InChI=1S/C14H12FN3O5/c15-7-8-22-13-6-1-10(9-16-13)17-14(19)23-12-4-2-11(3-5-12)18(20)21/h1-6,9H,7-8H2,(H,17,19). The minimum Gasteiger partial charge on any atom is -0.475 e. The maximum atomic E-state index is 11.9. The Bertz CT molecular complexity index is 676. The Hall–Kier alpha value is -3.23. The first-order valence-corrected chi connectivity index (χ1v) is 6.46. The van der Waals surface area contributed by atoms with Gasteiger partial charge in [-0.1, -0.05) is 0 Å². The molecule has 1 N–H and O–H groups in total. The molecule has 0 unspecified atom stereocenters. The smallest absolute Gasteiger partial charge is 0.417 e. The summed E-state index contributed by atoms with van der Waals surface area (Å²) in [5, 5.41) is 12.9. The van der Waals surface area contributed by atoms with E-state index in [2.05, 4.69) is 10.3 Å². The van der Waals surface area contributed by atoms with Crippen molar-refractivity contribution in [3.63, 3.8) is 0 Å². The summed E-state index contributed by atoms with van der Waals surface area (Å²) >= 11 is 0. The van der Waals surface area contributed by atoms with Crippen LogP contribution in [0, 0.1) is 10.1 Å². The Morgan fingerprint density at radius 3 is 2.57 bits per heavy atom. The van der Waals surface area contributed by atoms with E-state index in [9.17, 15) is 19.3 Å². The molecule has 1 aromatic carbocycles. The maximum absolute atomic E-state index is 11.9. The van der Waals surface area contributed by atoms with Crippen LogP contribution in [0.1, 0.15) is 0 Å². The lowest BCUT2D eigenvalue weighted by atomic mass is 10.3. The molecule has 9 heteroatoms. The van der Waals surface area contributed by atoms with Crippen molar-refractivity contribution in [1.29, 1.82) is 0 Å². The Labute approximate surface area is 130 Å². The van der Waals surface area contributed by atoms with Crippen LogP contribution in [0.5, 0.6) is 11.6 Å². The van der Waals surface area contributed by atoms with Gasteiger partial charge in [-0.2, -0.15) is 0 Å². The fraction of sp³-hybridized carbons (Fsp3) is 0.143. The molecule has 0 atom stereocenters. The molecule has 1 aromatic heterocycles. The van der Waals surface area contributed by atoms with Crippen LogP contribution >= 0.6 is 0 Å². The average Bonchev–Trinajstić information content (AvgIpc) is 2.54. The molecule has 120 valence electrons. The molecular weight excluding hydrogens is 309 g/mol. The Kier molecular flexibility index (Phi) is 5.40. The van der Waals surface area contributed by atoms with Crippen LogP contribution in [0.3, 0.4) is 0 Å². The van der Waals surface area contributed by atoms with Gasteiger partial charge in [-0.15, -0.1) is 0 Å². The number of nitro groups is 1. The normalized spacial score (nSPS) is 9.96. The summed E-state index contributed by atoms with van der Waals surface area (Å²) in [6.45, 7) is -0.717. The number of nitrogens with zero attached hydrogens (tertiary/aromatic N) is 2. The van der Waals surface area contributed by atoms with Crippen LogP contribution in [0.25, 0.3) is 0 Å². The number of halogens is 1. The van der Waals surface area contributed by atoms with E-state index in [0.717, 1.165) is 0 Å². The summed E-state index contributed by atoms with van der Waals surface area (Å²) < 4.78 is 21.9. The maximum Gasteiger partial charge on any atom is 0.417 e. The molecule has 0 aliphatic heterocycles. The SMILES string of the molecule is O=C(Nc1ccc(OCCF)nc1)Oc1ccc([N+](=O)[O-])cc1. The average molecular weight is 321 g/mol. The first kappa shape index (κ1) is 16.1. The molecular formula is C14H12FN3O5. The second-order valence-corrected chi connectivity index (χ2v) is 4.19. The molecule has 0 saturated heterocycles. The van der Waals surface area contributed by atoms with E-state index in [-0.39, 0.29) is 23.9 Å².